The van der Waals surface area contributed by atoms with Gasteiger partial charge < -0.3 is 15.2 Å². The zero-order valence-electron chi connectivity index (χ0n) is 11.8. The summed E-state index contributed by atoms with van der Waals surface area (Å²) >= 11 is 0. The fraction of sp³-hybridized carbons (Fsp3) is 0.429. The maximum absolute atomic E-state index is 12.2. The van der Waals surface area contributed by atoms with Crippen LogP contribution >= 0.6 is 0 Å². The highest BCUT2D eigenvalue weighted by Crippen LogP contribution is 2.21. The third-order valence-corrected chi connectivity index (χ3v) is 2.67. The molecule has 0 aliphatic rings. The Bertz CT molecular complexity index is 514. The Morgan fingerprint density at radius 3 is 2.32 bits per heavy atom. The summed E-state index contributed by atoms with van der Waals surface area (Å²) < 4.78 is 41.9. The topological polar surface area (TPSA) is 75.6 Å². The lowest BCUT2D eigenvalue weighted by molar-refractivity contribution is -0.159. The summed E-state index contributed by atoms with van der Waals surface area (Å²) in [4.78, 5) is 22.4. The van der Waals surface area contributed by atoms with Crippen molar-refractivity contribution in [2.24, 2.45) is 0 Å². The molecule has 1 unspecified atom stereocenters. The molecule has 0 aromatic heterocycles. The number of amides is 1. The van der Waals surface area contributed by atoms with Crippen molar-refractivity contribution in [3.63, 3.8) is 0 Å². The summed E-state index contributed by atoms with van der Waals surface area (Å²) in [6, 6.07) is 4.43. The van der Waals surface area contributed by atoms with Crippen molar-refractivity contribution in [1.29, 1.82) is 0 Å². The normalized spacial score (nSPS) is 12.5. The third-order valence-electron chi connectivity index (χ3n) is 2.67. The number of alkyl halides is 3. The Balaban J connectivity index is 2.61. The molecule has 2 N–H and O–H groups in total. The van der Waals surface area contributed by atoms with Crippen molar-refractivity contribution in [2.75, 3.05) is 6.61 Å². The Kier molecular flexibility index (Phi) is 6.21. The number of hydrogen-bond donors (Lipinski definition) is 2. The first-order chi connectivity index (χ1) is 10.2. The zero-order valence-corrected chi connectivity index (χ0v) is 11.8. The van der Waals surface area contributed by atoms with Gasteiger partial charge in [-0.05, 0) is 24.6 Å². The van der Waals surface area contributed by atoms with Crippen molar-refractivity contribution in [3.8, 4) is 5.75 Å². The molecule has 0 spiro atoms. The third kappa shape index (κ3) is 6.47. The van der Waals surface area contributed by atoms with E-state index in [2.05, 4.69) is 0 Å². The van der Waals surface area contributed by atoms with Gasteiger partial charge >= 0.3 is 12.1 Å². The molecule has 0 saturated carbocycles. The first-order valence-electron chi connectivity index (χ1n) is 6.52. The van der Waals surface area contributed by atoms with E-state index in [1.54, 1.807) is 24.3 Å². The summed E-state index contributed by atoms with van der Waals surface area (Å²) in [5, 5.41) is 10.6. The molecule has 122 valence electrons. The second kappa shape index (κ2) is 7.67. The number of nitrogens with one attached hydrogen (secondary N) is 1. The van der Waals surface area contributed by atoms with Crippen LogP contribution in [0.2, 0.25) is 0 Å². The Morgan fingerprint density at radius 2 is 1.86 bits per heavy atom. The van der Waals surface area contributed by atoms with Gasteiger partial charge in [-0.1, -0.05) is 12.1 Å². The predicted octanol–water partition coefficient (Wildman–Crippen LogP) is 2.15. The number of carbonyl (C=O) groups is 2. The molecule has 5 nitrogen and oxygen atoms in total. The summed E-state index contributed by atoms with van der Waals surface area (Å²) in [7, 11) is 0. The van der Waals surface area contributed by atoms with Crippen molar-refractivity contribution >= 4 is 11.9 Å². The quantitative estimate of drug-likeness (QED) is 0.807. The minimum Gasteiger partial charge on any atom is -0.494 e. The number of benzene rings is 1. The van der Waals surface area contributed by atoms with E-state index in [0.717, 1.165) is 0 Å². The van der Waals surface area contributed by atoms with Crippen LogP contribution in [0.3, 0.4) is 0 Å². The van der Waals surface area contributed by atoms with E-state index in [0.29, 0.717) is 17.9 Å². The van der Waals surface area contributed by atoms with Crippen LogP contribution in [-0.4, -0.2) is 35.8 Å². The average Bonchev–Trinajstić information content (AvgIpc) is 2.39. The van der Waals surface area contributed by atoms with E-state index in [-0.39, 0.29) is 6.42 Å². The highest BCUT2D eigenvalue weighted by molar-refractivity contribution is 5.84. The number of hydrogen-bond acceptors (Lipinski definition) is 3. The highest BCUT2D eigenvalue weighted by Gasteiger charge is 2.36. The lowest BCUT2D eigenvalue weighted by Crippen LogP contribution is -2.44. The molecule has 0 aliphatic carbocycles. The molecule has 1 rings (SSSR count). The van der Waals surface area contributed by atoms with Gasteiger partial charge in [-0.2, -0.15) is 13.2 Å². The van der Waals surface area contributed by atoms with Gasteiger partial charge in [-0.3, -0.25) is 4.79 Å². The molecule has 8 heteroatoms. The second-order valence-corrected chi connectivity index (χ2v) is 4.53. The van der Waals surface area contributed by atoms with E-state index < -0.39 is 30.5 Å². The molecule has 1 atom stereocenters. The molecule has 0 heterocycles. The van der Waals surface area contributed by atoms with Crippen molar-refractivity contribution in [2.45, 2.75) is 32.0 Å². The molecule has 0 saturated heterocycles. The van der Waals surface area contributed by atoms with Crippen LogP contribution in [0.25, 0.3) is 0 Å². The van der Waals surface area contributed by atoms with E-state index in [9.17, 15) is 22.8 Å². The first kappa shape index (κ1) is 17.8. The number of carboxylic acid groups (broad SMARTS) is 1. The van der Waals surface area contributed by atoms with E-state index in [1.807, 2.05) is 12.2 Å². The fourth-order valence-corrected chi connectivity index (χ4v) is 1.73. The predicted molar refractivity (Wildman–Crippen MR) is 71.6 cm³/mol. The number of carboxylic acids is 1. The van der Waals surface area contributed by atoms with Gasteiger partial charge in [-0.15, -0.1) is 0 Å². The van der Waals surface area contributed by atoms with Crippen LogP contribution in [0, 0.1) is 0 Å². The van der Waals surface area contributed by atoms with Gasteiger partial charge in [0.25, 0.3) is 0 Å². The molecule has 0 radical (unpaired) electrons. The number of ether oxygens (including phenoxy) is 1. The van der Waals surface area contributed by atoms with Crippen LogP contribution in [0.4, 0.5) is 13.2 Å². The molecule has 0 fully saturated rings. The molecular formula is C14H16F3NO4. The number of carbonyl (C=O) groups excluding carboxylic acids is 1. The fourth-order valence-electron chi connectivity index (χ4n) is 1.73. The van der Waals surface area contributed by atoms with Gasteiger partial charge in [0.05, 0.1) is 19.4 Å². The number of rotatable bonds is 7. The van der Waals surface area contributed by atoms with Crippen molar-refractivity contribution in [3.05, 3.63) is 29.8 Å². The Labute approximate surface area is 125 Å². The Hall–Kier alpha value is -2.25. The lowest BCUT2D eigenvalue weighted by Gasteiger charge is -2.16. The van der Waals surface area contributed by atoms with E-state index in [4.69, 9.17) is 9.84 Å². The van der Waals surface area contributed by atoms with Gasteiger partial charge in [0.1, 0.15) is 11.8 Å². The smallest absolute Gasteiger partial charge is 0.391 e. The summed E-state index contributed by atoms with van der Waals surface area (Å²) in [6.07, 6.45) is -6.50. The van der Waals surface area contributed by atoms with Gasteiger partial charge in [0, 0.05) is 0 Å². The first-order valence-corrected chi connectivity index (χ1v) is 6.52. The van der Waals surface area contributed by atoms with Crippen molar-refractivity contribution in [1.82, 2.24) is 5.32 Å². The standard InChI is InChI=1S/C14H16F3NO4/c1-2-22-10-5-3-9(4-6-10)7-12(19)18-11(13(20)21)8-14(15,16)17/h3-6,11H,2,7-8H2,1H3,(H,18,19)(H,20,21). The maximum atomic E-state index is 12.2. The monoisotopic (exact) mass is 319 g/mol. The molecular weight excluding hydrogens is 303 g/mol. The van der Waals surface area contributed by atoms with Crippen molar-refractivity contribution < 1.29 is 32.6 Å². The summed E-state index contributed by atoms with van der Waals surface area (Å²) in [6.45, 7) is 2.30. The van der Waals surface area contributed by atoms with Gasteiger partial charge in [-0.25, -0.2) is 4.79 Å². The molecule has 0 bridgehead atoms. The second-order valence-electron chi connectivity index (χ2n) is 4.53. The number of halogens is 3. The molecule has 1 aromatic rings. The summed E-state index contributed by atoms with van der Waals surface area (Å²) in [5.41, 5.74) is 0.539. The highest BCUT2D eigenvalue weighted by atomic mass is 19.4. The van der Waals surface area contributed by atoms with E-state index in [1.165, 1.54) is 0 Å². The molecule has 22 heavy (non-hydrogen) atoms. The zero-order chi connectivity index (χ0) is 16.8. The van der Waals surface area contributed by atoms with Gasteiger partial charge in [0.2, 0.25) is 5.91 Å². The molecule has 1 aromatic carbocycles. The van der Waals surface area contributed by atoms with Crippen LogP contribution < -0.4 is 10.1 Å². The maximum Gasteiger partial charge on any atom is 0.391 e. The minimum absolute atomic E-state index is 0.214. The van der Waals surface area contributed by atoms with Crippen LogP contribution in [0.1, 0.15) is 18.9 Å². The lowest BCUT2D eigenvalue weighted by atomic mass is 10.1. The molecule has 0 aliphatic heterocycles. The Morgan fingerprint density at radius 1 is 1.27 bits per heavy atom. The van der Waals surface area contributed by atoms with Crippen LogP contribution in [-0.2, 0) is 16.0 Å². The number of aliphatic carboxylic acids is 1. The SMILES string of the molecule is CCOc1ccc(CC(=O)NC(CC(F)(F)F)C(=O)O)cc1. The average molecular weight is 319 g/mol. The van der Waals surface area contributed by atoms with Gasteiger partial charge in [0.15, 0.2) is 0 Å². The molecule has 1 amide bonds. The van der Waals surface area contributed by atoms with Crippen LogP contribution in [0.15, 0.2) is 24.3 Å². The minimum atomic E-state index is -4.67. The largest absolute Gasteiger partial charge is 0.494 e. The summed E-state index contributed by atoms with van der Waals surface area (Å²) in [5.74, 6) is -1.91. The van der Waals surface area contributed by atoms with Crippen LogP contribution in [0.5, 0.6) is 5.75 Å². The van der Waals surface area contributed by atoms with E-state index >= 15 is 0 Å².